The van der Waals surface area contributed by atoms with E-state index in [1.807, 2.05) is 54.6 Å². The predicted octanol–water partition coefficient (Wildman–Crippen LogP) is 4.80. The molecule has 4 radical (unpaired) electrons. The highest BCUT2D eigenvalue weighted by molar-refractivity contribution is 6.39. The summed E-state index contributed by atoms with van der Waals surface area (Å²) in [6.07, 6.45) is 2.83. The number of pyridine rings is 1. The summed E-state index contributed by atoms with van der Waals surface area (Å²) in [5.74, 6) is 2.54. The molecule has 1 fully saturated rings. The maximum atomic E-state index is 12.6. The van der Waals surface area contributed by atoms with E-state index < -0.39 is 5.34 Å². The zero-order valence-electron chi connectivity index (χ0n) is 31.5. The minimum Gasteiger partial charge on any atom is -0.364 e. The molecule has 0 aliphatic carbocycles. The fraction of sp³-hybridized carbons (Fsp3) is 0.342. The molecule has 2 N–H and O–H groups in total. The summed E-state index contributed by atoms with van der Waals surface area (Å²) in [5.41, 5.74) is 8.49. The van der Waals surface area contributed by atoms with Crippen molar-refractivity contribution in [2.45, 2.75) is 51.5 Å². The van der Waals surface area contributed by atoms with Gasteiger partial charge in [-0.2, -0.15) is 14.7 Å². The minimum atomic E-state index is -1.35. The highest BCUT2D eigenvalue weighted by Crippen LogP contribution is 2.50. The van der Waals surface area contributed by atoms with Crippen LogP contribution in [-0.2, 0) is 5.34 Å². The van der Waals surface area contributed by atoms with Crippen molar-refractivity contribution in [2.24, 2.45) is 0 Å². The van der Waals surface area contributed by atoms with Gasteiger partial charge in [0.1, 0.15) is 29.0 Å². The molecule has 6 aromatic rings. The molecule has 1 aromatic carbocycles. The van der Waals surface area contributed by atoms with Crippen LogP contribution in [0.5, 0.6) is 0 Å². The number of aromatic nitrogens is 8. The maximum Gasteiger partial charge on any atom is 0.271 e. The first kappa shape index (κ1) is 35.3. The fourth-order valence-corrected chi connectivity index (χ4v) is 7.62. The molecule has 14 nitrogen and oxygen atoms in total. The Hall–Kier alpha value is -5.76. The summed E-state index contributed by atoms with van der Waals surface area (Å²) >= 11 is 0. The number of nitrogens with one attached hydrogen (secondary N) is 2. The molecule has 1 unspecified atom stereocenters. The number of hydrogen-bond donors (Lipinski definition) is 2. The Bertz CT molecular complexity index is 2400. The number of carbonyl (C=O) groups is 1. The number of anilines is 5. The third-order valence-electron chi connectivity index (χ3n) is 10.2. The topological polar surface area (TPSA) is 138 Å². The van der Waals surface area contributed by atoms with Gasteiger partial charge >= 0.3 is 0 Å². The molecule has 7 heterocycles. The van der Waals surface area contributed by atoms with E-state index in [0.717, 1.165) is 51.8 Å². The number of fused-ring (bicyclic) bond motifs is 4. The number of benzene rings is 1. The third kappa shape index (κ3) is 6.03. The monoisotopic (exact) mass is 717 g/mol. The van der Waals surface area contributed by atoms with E-state index in [2.05, 4.69) is 67.3 Å². The first-order valence-corrected chi connectivity index (χ1v) is 18.0. The molecule has 16 heteroatoms. The Morgan fingerprint density at radius 3 is 2.43 bits per heavy atom. The normalized spacial score (nSPS) is 15.8. The highest BCUT2D eigenvalue weighted by Gasteiger charge is 2.43. The average Bonchev–Trinajstić information content (AvgIpc) is 3.70. The number of aryl methyl sites for hydroxylation is 3. The van der Waals surface area contributed by atoms with Crippen LogP contribution >= 0.6 is 0 Å². The molecule has 1 atom stereocenters. The predicted molar refractivity (Wildman–Crippen MR) is 211 cm³/mol. The molecular formula is C38H41B2N13O. The van der Waals surface area contributed by atoms with Gasteiger partial charge in [0.2, 0.25) is 0 Å². The number of likely N-dealkylation sites (tertiary alicyclic amines) is 1. The van der Waals surface area contributed by atoms with Crippen molar-refractivity contribution in [3.05, 3.63) is 95.1 Å². The summed E-state index contributed by atoms with van der Waals surface area (Å²) in [5, 5.41) is 15.4. The van der Waals surface area contributed by atoms with Crippen LogP contribution in [0, 0.1) is 20.8 Å². The van der Waals surface area contributed by atoms with Crippen molar-refractivity contribution in [3.8, 4) is 11.1 Å². The summed E-state index contributed by atoms with van der Waals surface area (Å²) in [7, 11) is 18.9. The summed E-state index contributed by atoms with van der Waals surface area (Å²) < 4.78 is 3.96. The third-order valence-corrected chi connectivity index (χ3v) is 10.2. The van der Waals surface area contributed by atoms with Crippen LogP contribution in [0.15, 0.2) is 60.8 Å². The summed E-state index contributed by atoms with van der Waals surface area (Å²) in [6.45, 7) is 9.13. The highest BCUT2D eigenvalue weighted by atomic mass is 16.2. The molecule has 5 aromatic heterocycles. The molecule has 1 saturated heterocycles. The van der Waals surface area contributed by atoms with E-state index in [4.69, 9.17) is 30.9 Å². The molecule has 0 saturated carbocycles. The number of amides is 1. The Morgan fingerprint density at radius 1 is 0.926 bits per heavy atom. The Morgan fingerprint density at radius 2 is 1.69 bits per heavy atom. The first-order chi connectivity index (χ1) is 25.8. The van der Waals surface area contributed by atoms with Crippen LogP contribution in [0.25, 0.3) is 16.8 Å². The maximum absolute atomic E-state index is 12.6. The second-order valence-electron chi connectivity index (χ2n) is 14.4. The van der Waals surface area contributed by atoms with Gasteiger partial charge in [0.05, 0.1) is 56.7 Å². The van der Waals surface area contributed by atoms with Crippen molar-refractivity contribution in [2.75, 3.05) is 49.8 Å². The van der Waals surface area contributed by atoms with Gasteiger partial charge < -0.3 is 25.3 Å². The fourth-order valence-electron chi connectivity index (χ4n) is 7.62. The van der Waals surface area contributed by atoms with E-state index in [9.17, 15) is 4.79 Å². The molecule has 1 amide bonds. The molecular weight excluding hydrogens is 676 g/mol. The van der Waals surface area contributed by atoms with Gasteiger partial charge in [-0.25, -0.2) is 19.9 Å². The number of rotatable bonds is 9. The number of hydrogen-bond acceptors (Lipinski definition) is 11. The molecule has 2 aliphatic heterocycles. The van der Waals surface area contributed by atoms with Gasteiger partial charge in [-0.1, -0.05) is 25.1 Å². The van der Waals surface area contributed by atoms with E-state index >= 15 is 0 Å². The van der Waals surface area contributed by atoms with E-state index in [1.54, 1.807) is 32.3 Å². The minimum absolute atomic E-state index is 0.0498. The average molecular weight is 717 g/mol. The summed E-state index contributed by atoms with van der Waals surface area (Å²) in [6, 6.07) is 17.4. The van der Waals surface area contributed by atoms with Crippen LogP contribution in [0.2, 0.25) is 0 Å². The second kappa shape index (κ2) is 13.3. The van der Waals surface area contributed by atoms with Crippen LogP contribution < -0.4 is 15.5 Å². The van der Waals surface area contributed by atoms with Crippen molar-refractivity contribution in [1.29, 1.82) is 0 Å². The number of para-hydroxylation sites is 1. The SMILES string of the molecule is [B]C([B])(c1cccc(C(=O)N(C)C)n1)N1CC(n2ncc3c2C(CC)N(C)c2c(Nc4cc(Nc5cc(C)nc(C)n5)nc5cc(C)nn45)cccc2-3)C1. The Labute approximate surface area is 316 Å². The largest absolute Gasteiger partial charge is 0.364 e. The van der Waals surface area contributed by atoms with Crippen LogP contribution in [0.1, 0.15) is 64.5 Å². The standard InChI is InChI=1S/C38H41B2N13O/c1-8-29-36-26(18-41-52(36)24-19-51(20-24)38(39,40)30-14-10-13-28(44-30)37(54)49(5)6)25-11-9-12-27(35(25)50(29)7)45-34-17-32(47-33-16-22(3)48-53(33)34)46-31-15-21(2)42-23(4)43-31/h9-18,24,29,45H,8,19-20H2,1-7H3,(H,42,43,46,47). The molecule has 0 bridgehead atoms. The molecule has 8 rings (SSSR count). The second-order valence-corrected chi connectivity index (χ2v) is 14.4. The number of carbonyl (C=O) groups excluding carboxylic acids is 1. The quantitative estimate of drug-likeness (QED) is 0.200. The van der Waals surface area contributed by atoms with Crippen LogP contribution in [0.3, 0.4) is 0 Å². The van der Waals surface area contributed by atoms with E-state index in [1.165, 1.54) is 4.90 Å². The lowest BCUT2D eigenvalue weighted by Crippen LogP contribution is -2.60. The lowest BCUT2D eigenvalue weighted by Gasteiger charge is -2.50. The van der Waals surface area contributed by atoms with Gasteiger partial charge in [0.15, 0.2) is 5.65 Å². The van der Waals surface area contributed by atoms with Gasteiger partial charge in [-0.3, -0.25) is 9.48 Å². The van der Waals surface area contributed by atoms with Crippen molar-refractivity contribution < 1.29 is 4.79 Å². The lowest BCUT2D eigenvalue weighted by molar-refractivity contribution is 0.0612. The van der Waals surface area contributed by atoms with E-state index in [0.29, 0.717) is 47.6 Å². The van der Waals surface area contributed by atoms with Crippen LogP contribution in [0.4, 0.5) is 28.8 Å². The Kier molecular flexibility index (Phi) is 8.67. The lowest BCUT2D eigenvalue weighted by atomic mass is 9.57. The van der Waals surface area contributed by atoms with Crippen molar-refractivity contribution >= 4 is 56.1 Å². The molecule has 54 heavy (non-hydrogen) atoms. The first-order valence-electron chi connectivity index (χ1n) is 18.0. The summed E-state index contributed by atoms with van der Waals surface area (Å²) in [4.78, 5) is 36.7. The van der Waals surface area contributed by atoms with Crippen molar-refractivity contribution in [3.63, 3.8) is 0 Å². The molecule has 2 aliphatic rings. The van der Waals surface area contributed by atoms with Gasteiger partial charge in [0, 0.05) is 74.9 Å². The molecule has 0 spiro atoms. The smallest absolute Gasteiger partial charge is 0.271 e. The molecule has 270 valence electrons. The number of nitrogens with zero attached hydrogens (tertiary/aromatic N) is 11. The van der Waals surface area contributed by atoms with Gasteiger partial charge in [-0.05, 0) is 50.7 Å². The zero-order valence-corrected chi connectivity index (χ0v) is 31.5. The van der Waals surface area contributed by atoms with Gasteiger partial charge in [0.25, 0.3) is 5.91 Å². The van der Waals surface area contributed by atoms with Crippen molar-refractivity contribution in [1.82, 2.24) is 49.1 Å². The van der Waals surface area contributed by atoms with Crippen LogP contribution in [-0.4, -0.2) is 105 Å². The zero-order chi connectivity index (χ0) is 38.1. The van der Waals surface area contributed by atoms with Gasteiger partial charge in [-0.15, -0.1) is 0 Å². The Balaban J connectivity index is 1.09. The van der Waals surface area contributed by atoms with E-state index in [-0.39, 0.29) is 18.0 Å².